The van der Waals surface area contributed by atoms with Gasteiger partial charge in [-0.15, -0.1) is 0 Å². The molecule has 0 atom stereocenters. The number of rotatable bonds is 3. The van der Waals surface area contributed by atoms with Gasteiger partial charge in [0.1, 0.15) is 0 Å². The molecule has 0 saturated heterocycles. The van der Waals surface area contributed by atoms with E-state index in [0.29, 0.717) is 3.63 Å². The van der Waals surface area contributed by atoms with Crippen LogP contribution in [0.1, 0.15) is 91.9 Å². The van der Waals surface area contributed by atoms with Gasteiger partial charge in [0.25, 0.3) is 0 Å². The minimum absolute atomic E-state index is 0. The van der Waals surface area contributed by atoms with Gasteiger partial charge in [0.2, 0.25) is 0 Å². The second-order valence-electron chi connectivity index (χ2n) is 12.8. The van der Waals surface area contributed by atoms with Crippen LogP contribution in [0.25, 0.3) is 11.1 Å². The maximum Gasteiger partial charge on any atom is -1.00 e. The van der Waals surface area contributed by atoms with Gasteiger partial charge in [-0.3, -0.25) is 0 Å². The van der Waals surface area contributed by atoms with Gasteiger partial charge in [0, 0.05) is 0 Å². The molecule has 0 fully saturated rings. The molecule has 2 aliphatic rings. The quantitative estimate of drug-likeness (QED) is 0.421. The number of allylic oxidation sites excluding steroid dienone is 4. The van der Waals surface area contributed by atoms with E-state index in [1.807, 2.05) is 0 Å². The largest absolute Gasteiger partial charge is 1.00 e. The average Bonchev–Trinajstić information content (AvgIpc) is 3.45. The number of halogens is 2. The zero-order valence-electron chi connectivity index (χ0n) is 24.0. The molecule has 0 aromatic heterocycles. The second kappa shape index (κ2) is 11.5. The Morgan fingerprint density at radius 2 is 1.24 bits per heavy atom. The van der Waals surface area contributed by atoms with Crippen LogP contribution in [0, 0.1) is 6.92 Å². The molecule has 198 valence electrons. The molecule has 0 aliphatic heterocycles. The van der Waals surface area contributed by atoms with Crippen LogP contribution in [0.5, 0.6) is 0 Å². The van der Waals surface area contributed by atoms with Crippen molar-refractivity contribution in [2.75, 3.05) is 0 Å². The zero-order chi connectivity index (χ0) is 25.8. The third-order valence-electron chi connectivity index (χ3n) is 8.04. The predicted molar refractivity (Wildman–Crippen MR) is 154 cm³/mol. The van der Waals surface area contributed by atoms with Gasteiger partial charge in [0.15, 0.2) is 0 Å². The van der Waals surface area contributed by atoms with Crippen molar-refractivity contribution in [1.82, 2.24) is 0 Å². The molecule has 3 aromatic carbocycles. The molecule has 0 radical (unpaired) electrons. The Labute approximate surface area is 250 Å². The van der Waals surface area contributed by atoms with Crippen molar-refractivity contribution in [3.63, 3.8) is 0 Å². The molecular weight excluding hydrogens is 583 g/mol. The van der Waals surface area contributed by atoms with Crippen molar-refractivity contribution in [3.8, 4) is 11.1 Å². The topological polar surface area (TPSA) is 0 Å². The first-order valence-electron chi connectivity index (χ1n) is 13.4. The van der Waals surface area contributed by atoms with Gasteiger partial charge in [-0.25, -0.2) is 0 Å². The summed E-state index contributed by atoms with van der Waals surface area (Å²) in [6.07, 6.45) is 8.25. The molecule has 0 N–H and O–H groups in total. The van der Waals surface area contributed by atoms with E-state index < -0.39 is 21.3 Å². The normalized spacial score (nSPS) is 14.7. The smallest absolute Gasteiger partial charge is 1.00 e. The molecule has 0 nitrogen and oxygen atoms in total. The van der Waals surface area contributed by atoms with Crippen molar-refractivity contribution >= 4 is 3.21 Å². The minimum atomic E-state index is -2.38. The molecular formula is C35H40Cl2Zr. The Bertz CT molecular complexity index is 1360. The Morgan fingerprint density at radius 1 is 0.737 bits per heavy atom. The van der Waals surface area contributed by atoms with Gasteiger partial charge in [0.05, 0.1) is 0 Å². The van der Waals surface area contributed by atoms with Gasteiger partial charge < -0.3 is 24.8 Å². The fourth-order valence-corrected chi connectivity index (χ4v) is 14.3. The summed E-state index contributed by atoms with van der Waals surface area (Å²) < 4.78 is 3.90. The summed E-state index contributed by atoms with van der Waals surface area (Å²) >= 11 is -2.38. The fourth-order valence-electron chi connectivity index (χ4n) is 5.75. The number of benzene rings is 3. The van der Waals surface area contributed by atoms with Crippen molar-refractivity contribution in [3.05, 3.63) is 116 Å². The van der Waals surface area contributed by atoms with Crippen LogP contribution in [-0.2, 0) is 32.1 Å². The van der Waals surface area contributed by atoms with Gasteiger partial charge in [-0.2, -0.15) is 0 Å². The molecule has 2 aliphatic carbocycles. The molecule has 0 amide bonds. The molecule has 0 heterocycles. The van der Waals surface area contributed by atoms with E-state index in [-0.39, 0.29) is 35.6 Å². The Kier molecular flexibility index (Phi) is 9.41. The fraction of sp³-hybridized carbons (Fsp3) is 0.343. The summed E-state index contributed by atoms with van der Waals surface area (Å²) in [5.41, 5.74) is 12.0. The first kappa shape index (κ1) is 31.0. The van der Waals surface area contributed by atoms with Gasteiger partial charge >= 0.3 is 227 Å². The number of hydrogen-bond acceptors (Lipinski definition) is 0. The van der Waals surface area contributed by atoms with Crippen LogP contribution in [-0.4, -0.2) is 3.21 Å². The molecule has 0 bridgehead atoms. The van der Waals surface area contributed by atoms with E-state index in [4.69, 9.17) is 0 Å². The minimum Gasteiger partial charge on any atom is -1.00 e. The molecule has 5 rings (SSSR count). The second-order valence-corrected chi connectivity index (χ2v) is 19.6. The third kappa shape index (κ3) is 5.82. The van der Waals surface area contributed by atoms with Crippen molar-refractivity contribution in [2.24, 2.45) is 0 Å². The van der Waals surface area contributed by atoms with Gasteiger partial charge in [-0.05, 0) is 0 Å². The summed E-state index contributed by atoms with van der Waals surface area (Å²) in [7, 11) is 0. The van der Waals surface area contributed by atoms with E-state index in [2.05, 4.69) is 134 Å². The summed E-state index contributed by atoms with van der Waals surface area (Å²) in [5, 5.41) is 0. The summed E-state index contributed by atoms with van der Waals surface area (Å²) in [4.78, 5) is 0. The molecule has 0 unspecified atom stereocenters. The van der Waals surface area contributed by atoms with Crippen LogP contribution in [0.4, 0.5) is 0 Å². The number of aryl methyl sites for hydroxylation is 1. The monoisotopic (exact) mass is 620 g/mol. The molecule has 0 spiro atoms. The van der Waals surface area contributed by atoms with Crippen LogP contribution < -0.4 is 24.8 Å². The average molecular weight is 623 g/mol. The third-order valence-corrected chi connectivity index (χ3v) is 16.3. The maximum atomic E-state index is 2.57. The number of fused-ring (bicyclic) bond motifs is 3. The first-order valence-corrected chi connectivity index (χ1v) is 17.3. The van der Waals surface area contributed by atoms with E-state index in [1.54, 1.807) is 17.6 Å². The maximum absolute atomic E-state index is 2.57. The van der Waals surface area contributed by atoms with Crippen molar-refractivity contribution in [1.29, 1.82) is 0 Å². The SMILES string of the molecule is C/[C](c1ccc(C)cc1)=[Zr+2](/[C]1=CC=CC1)[CH]1c2cc(C(C)(C)C)ccc2-c2ccc(C(C)(C)C)cc21.[Cl-].[Cl-]. The van der Waals surface area contributed by atoms with E-state index >= 15 is 0 Å². The van der Waals surface area contributed by atoms with Gasteiger partial charge in [-0.1, -0.05) is 0 Å². The Hall–Kier alpha value is -1.53. The van der Waals surface area contributed by atoms with E-state index in [0.717, 1.165) is 6.42 Å². The zero-order valence-corrected chi connectivity index (χ0v) is 28.0. The molecule has 0 saturated carbocycles. The summed E-state index contributed by atoms with van der Waals surface area (Å²) in [6.45, 7) is 18.7. The number of hydrogen-bond donors (Lipinski definition) is 0. The first-order chi connectivity index (χ1) is 16.9. The standard InChI is InChI=1S/C21H25.C9H10.C5H5.2ClH.Zr/c1-20(2,3)16-7-9-18-14(12-16)11-15-13-17(21(4,5)6)8-10-19(15)18;1-3-9-6-4-8(2)5-7-9;1-2-4-5-3-1;;;/h7-13H,1-6H3;4-7H,1-2H3;1-3H,4H2;2*1H;/q;;;;;+2/p-2. The Morgan fingerprint density at radius 3 is 1.66 bits per heavy atom. The van der Waals surface area contributed by atoms with Crippen LogP contribution in [0.3, 0.4) is 0 Å². The van der Waals surface area contributed by atoms with E-state index in [1.165, 1.54) is 33.4 Å². The van der Waals surface area contributed by atoms with E-state index in [9.17, 15) is 0 Å². The van der Waals surface area contributed by atoms with Crippen molar-refractivity contribution in [2.45, 2.75) is 76.3 Å². The molecule has 3 aromatic rings. The summed E-state index contributed by atoms with van der Waals surface area (Å²) in [5.74, 6) is 0. The summed E-state index contributed by atoms with van der Waals surface area (Å²) in [6, 6.07) is 24.0. The Balaban J connectivity index is 0.00000200. The van der Waals surface area contributed by atoms with Crippen LogP contribution in [0.15, 0.2) is 82.2 Å². The molecule has 3 heteroatoms. The van der Waals surface area contributed by atoms with Crippen LogP contribution in [0.2, 0.25) is 0 Å². The predicted octanol–water partition coefficient (Wildman–Crippen LogP) is 3.37. The van der Waals surface area contributed by atoms with Crippen LogP contribution >= 0.6 is 0 Å². The van der Waals surface area contributed by atoms with Crippen molar-refractivity contribution < 1.29 is 46.1 Å². The molecule has 38 heavy (non-hydrogen) atoms.